The molecule has 10 heteroatoms. The number of amides is 3. The molecule has 2 N–H and O–H groups in total. The molecule has 0 fully saturated rings. The summed E-state index contributed by atoms with van der Waals surface area (Å²) in [6.45, 7) is 0.285. The van der Waals surface area contributed by atoms with Gasteiger partial charge in [0.2, 0.25) is 18.2 Å². The van der Waals surface area contributed by atoms with Crippen LogP contribution in [0.4, 0.5) is 13.2 Å². The quantitative estimate of drug-likeness (QED) is 0.670. The molecule has 0 spiro atoms. The minimum Gasteiger partial charge on any atom is -0.357 e. The Morgan fingerprint density at radius 1 is 1.31 bits per heavy atom. The third-order valence-corrected chi connectivity index (χ3v) is 4.80. The number of fused-ring (bicyclic) bond motifs is 1. The molecule has 0 aromatic heterocycles. The van der Waals surface area contributed by atoms with Gasteiger partial charge in [0, 0.05) is 31.0 Å². The standard InChI is InChI=1S/C16H17BrF3N3O3/c1-21-15(26)13(22-8-24)2-3-14(25)23-6-9-4-11(16(18,19)20)12(17)5-10(9)7-23/h4-5,8,13H,2-3,6-7H2,1H3,(H,21,26)(H,22,24). The normalized spacial score (nSPS) is 14.6. The van der Waals surface area contributed by atoms with E-state index in [0.29, 0.717) is 17.5 Å². The lowest BCUT2D eigenvalue weighted by molar-refractivity contribution is -0.138. The molecule has 1 aliphatic rings. The fourth-order valence-corrected chi connectivity index (χ4v) is 3.40. The van der Waals surface area contributed by atoms with Crippen LogP contribution in [0.5, 0.6) is 0 Å². The van der Waals surface area contributed by atoms with Gasteiger partial charge in [-0.2, -0.15) is 13.2 Å². The van der Waals surface area contributed by atoms with Gasteiger partial charge in [0.1, 0.15) is 6.04 Å². The molecule has 0 aliphatic carbocycles. The fraction of sp³-hybridized carbons (Fsp3) is 0.438. The van der Waals surface area contributed by atoms with Gasteiger partial charge in [-0.25, -0.2) is 0 Å². The summed E-state index contributed by atoms with van der Waals surface area (Å²) in [5, 5.41) is 4.72. The number of halogens is 4. The van der Waals surface area contributed by atoms with Crippen molar-refractivity contribution in [2.24, 2.45) is 0 Å². The monoisotopic (exact) mass is 435 g/mol. The molecule has 0 saturated heterocycles. The van der Waals surface area contributed by atoms with Gasteiger partial charge in [0.05, 0.1) is 5.56 Å². The van der Waals surface area contributed by atoms with Crippen molar-refractivity contribution in [3.8, 4) is 0 Å². The summed E-state index contributed by atoms with van der Waals surface area (Å²) >= 11 is 2.92. The minimum absolute atomic E-state index is 0.0137. The van der Waals surface area contributed by atoms with Crippen molar-refractivity contribution in [3.63, 3.8) is 0 Å². The highest BCUT2D eigenvalue weighted by Crippen LogP contribution is 2.38. The van der Waals surface area contributed by atoms with Crippen LogP contribution in [0.15, 0.2) is 16.6 Å². The van der Waals surface area contributed by atoms with E-state index in [1.165, 1.54) is 18.0 Å². The average Bonchev–Trinajstić information content (AvgIpc) is 2.98. The summed E-state index contributed by atoms with van der Waals surface area (Å²) in [5.74, 6) is -0.721. The number of hydrogen-bond acceptors (Lipinski definition) is 3. The maximum Gasteiger partial charge on any atom is 0.417 e. The summed E-state index contributed by atoms with van der Waals surface area (Å²) in [5.41, 5.74) is 0.315. The highest BCUT2D eigenvalue weighted by Gasteiger charge is 2.35. The molecular weight excluding hydrogens is 419 g/mol. The summed E-state index contributed by atoms with van der Waals surface area (Å²) < 4.78 is 38.9. The predicted molar refractivity (Wildman–Crippen MR) is 89.7 cm³/mol. The number of carbonyl (C=O) groups is 3. The molecule has 1 aromatic rings. The number of rotatable bonds is 6. The first-order chi connectivity index (χ1) is 12.2. The summed E-state index contributed by atoms with van der Waals surface area (Å²) in [4.78, 5) is 35.9. The van der Waals surface area contributed by atoms with Crippen LogP contribution < -0.4 is 10.6 Å². The van der Waals surface area contributed by atoms with Crippen molar-refractivity contribution >= 4 is 34.2 Å². The van der Waals surface area contributed by atoms with E-state index in [-0.39, 0.29) is 36.3 Å². The van der Waals surface area contributed by atoms with Gasteiger partial charge in [-0.05, 0) is 29.7 Å². The summed E-state index contributed by atoms with van der Waals surface area (Å²) in [7, 11) is 1.41. The van der Waals surface area contributed by atoms with Gasteiger partial charge in [0.25, 0.3) is 0 Å². The van der Waals surface area contributed by atoms with Crippen molar-refractivity contribution < 1.29 is 27.6 Å². The Kier molecular flexibility index (Phi) is 6.27. The molecule has 0 bridgehead atoms. The first-order valence-corrected chi connectivity index (χ1v) is 8.54. The van der Waals surface area contributed by atoms with E-state index < -0.39 is 23.7 Å². The number of likely N-dealkylation sites (N-methyl/N-ethyl adjacent to an activating group) is 1. The molecule has 3 amide bonds. The number of nitrogens with one attached hydrogen (secondary N) is 2. The Bertz CT molecular complexity index is 725. The van der Waals surface area contributed by atoms with Gasteiger partial charge in [-0.1, -0.05) is 15.9 Å². The second kappa shape index (κ2) is 8.07. The van der Waals surface area contributed by atoms with E-state index in [2.05, 4.69) is 26.6 Å². The van der Waals surface area contributed by atoms with Crippen LogP contribution in [0.1, 0.15) is 29.5 Å². The van der Waals surface area contributed by atoms with Gasteiger partial charge >= 0.3 is 6.18 Å². The molecule has 1 heterocycles. The van der Waals surface area contributed by atoms with E-state index in [1.54, 1.807) is 0 Å². The van der Waals surface area contributed by atoms with Crippen LogP contribution in [-0.4, -0.2) is 36.2 Å². The fourth-order valence-electron chi connectivity index (χ4n) is 2.79. The maximum atomic E-state index is 13.0. The Labute approximate surface area is 156 Å². The molecule has 1 unspecified atom stereocenters. The maximum absolute atomic E-state index is 13.0. The molecule has 26 heavy (non-hydrogen) atoms. The van der Waals surface area contributed by atoms with Gasteiger partial charge < -0.3 is 15.5 Å². The third-order valence-electron chi connectivity index (χ3n) is 4.15. The molecule has 0 radical (unpaired) electrons. The molecule has 1 aliphatic heterocycles. The number of alkyl halides is 3. The van der Waals surface area contributed by atoms with E-state index in [9.17, 15) is 27.6 Å². The SMILES string of the molecule is CNC(=O)C(CCC(=O)N1Cc2cc(Br)c(C(F)(F)F)cc2C1)NC=O. The van der Waals surface area contributed by atoms with Crippen molar-refractivity contribution in [2.45, 2.75) is 38.1 Å². The lowest BCUT2D eigenvalue weighted by atomic mass is 10.1. The van der Waals surface area contributed by atoms with E-state index in [0.717, 1.165) is 6.07 Å². The molecule has 1 atom stereocenters. The third kappa shape index (κ3) is 4.54. The van der Waals surface area contributed by atoms with Crippen LogP contribution in [0.2, 0.25) is 0 Å². The Balaban J connectivity index is 2.04. The Hall–Kier alpha value is -2.10. The van der Waals surface area contributed by atoms with Crippen molar-refractivity contribution in [3.05, 3.63) is 33.3 Å². The van der Waals surface area contributed by atoms with E-state index in [4.69, 9.17) is 0 Å². The van der Waals surface area contributed by atoms with Crippen LogP contribution >= 0.6 is 15.9 Å². The Morgan fingerprint density at radius 3 is 2.46 bits per heavy atom. The number of nitrogens with zero attached hydrogens (tertiary/aromatic N) is 1. The summed E-state index contributed by atoms with van der Waals surface area (Å²) in [6.07, 6.45) is -4.01. The first-order valence-electron chi connectivity index (χ1n) is 7.75. The number of benzene rings is 1. The molecule has 6 nitrogen and oxygen atoms in total. The van der Waals surface area contributed by atoms with Crippen LogP contribution in [-0.2, 0) is 33.6 Å². The van der Waals surface area contributed by atoms with Gasteiger partial charge in [-0.15, -0.1) is 0 Å². The van der Waals surface area contributed by atoms with Gasteiger partial charge in [-0.3, -0.25) is 14.4 Å². The molecule has 2 rings (SSSR count). The van der Waals surface area contributed by atoms with Crippen LogP contribution in [0, 0.1) is 0 Å². The molecular formula is C16H17BrF3N3O3. The Morgan fingerprint density at radius 2 is 1.92 bits per heavy atom. The smallest absolute Gasteiger partial charge is 0.357 e. The highest BCUT2D eigenvalue weighted by molar-refractivity contribution is 9.10. The predicted octanol–water partition coefficient (Wildman–Crippen LogP) is 1.95. The highest BCUT2D eigenvalue weighted by atomic mass is 79.9. The first kappa shape index (κ1) is 20.2. The molecule has 142 valence electrons. The second-order valence-corrected chi connectivity index (χ2v) is 6.69. The van der Waals surface area contributed by atoms with Crippen LogP contribution in [0.25, 0.3) is 0 Å². The number of hydrogen-bond donors (Lipinski definition) is 2. The van der Waals surface area contributed by atoms with Crippen LogP contribution in [0.3, 0.4) is 0 Å². The zero-order valence-electron chi connectivity index (χ0n) is 13.8. The average molecular weight is 436 g/mol. The van der Waals surface area contributed by atoms with E-state index >= 15 is 0 Å². The van der Waals surface area contributed by atoms with Crippen molar-refractivity contribution in [1.82, 2.24) is 15.5 Å². The second-order valence-electron chi connectivity index (χ2n) is 5.84. The minimum atomic E-state index is -4.48. The van der Waals surface area contributed by atoms with Crippen molar-refractivity contribution in [1.29, 1.82) is 0 Å². The largest absolute Gasteiger partial charge is 0.417 e. The molecule has 0 saturated carbocycles. The lowest BCUT2D eigenvalue weighted by Crippen LogP contribution is -2.43. The van der Waals surface area contributed by atoms with Gasteiger partial charge in [0.15, 0.2) is 0 Å². The van der Waals surface area contributed by atoms with Crippen molar-refractivity contribution in [2.75, 3.05) is 7.05 Å². The topological polar surface area (TPSA) is 78.5 Å². The number of carbonyl (C=O) groups excluding carboxylic acids is 3. The molecule has 1 aromatic carbocycles. The zero-order valence-corrected chi connectivity index (χ0v) is 15.4. The summed E-state index contributed by atoms with van der Waals surface area (Å²) in [6, 6.07) is 1.60. The zero-order chi connectivity index (χ0) is 19.5. The van der Waals surface area contributed by atoms with E-state index in [1.807, 2.05) is 0 Å². The lowest BCUT2D eigenvalue weighted by Gasteiger charge is -2.18.